The Morgan fingerprint density at radius 3 is 1.05 bits per heavy atom. The zero-order valence-corrected chi connectivity index (χ0v) is 39.3. The van der Waals surface area contributed by atoms with Gasteiger partial charge in [-0.1, -0.05) is 258 Å². The molecule has 0 aromatic carbocycles. The Bertz CT molecular complexity index is 822. The second-order valence-corrected chi connectivity index (χ2v) is 18.2. The monoisotopic (exact) mass is 822 g/mol. The molecular weight excluding hydrogens is 719 g/mol. The molecule has 1 amide bonds. The summed E-state index contributed by atoms with van der Waals surface area (Å²) in [6, 6.07) is -0.551. The van der Waals surface area contributed by atoms with Crippen molar-refractivity contribution in [1.29, 1.82) is 0 Å². The Labute approximate surface area is 362 Å². The zero-order chi connectivity index (χ0) is 42.3. The van der Waals surface area contributed by atoms with E-state index in [1.807, 2.05) is 0 Å². The van der Waals surface area contributed by atoms with Gasteiger partial charge in [0.1, 0.15) is 0 Å². The number of aliphatic hydroxyl groups is 2. The van der Waals surface area contributed by atoms with E-state index in [2.05, 4.69) is 19.2 Å². The van der Waals surface area contributed by atoms with Crippen LogP contribution < -0.4 is 5.32 Å². The first kappa shape index (κ1) is 56.9. The Morgan fingerprint density at radius 1 is 0.414 bits per heavy atom. The van der Waals surface area contributed by atoms with E-state index in [0.717, 1.165) is 57.8 Å². The Balaban J connectivity index is 3.45. The second-order valence-electron chi connectivity index (χ2n) is 18.2. The van der Waals surface area contributed by atoms with Crippen molar-refractivity contribution in [2.45, 2.75) is 309 Å². The number of hydrogen-bond acceptors (Lipinski definition) is 5. The molecule has 0 aromatic rings. The minimum absolute atomic E-state index is 0.00690. The maximum Gasteiger partial charge on any atom is 0.305 e. The quantitative estimate of drug-likeness (QED) is 0.0420. The number of unbranched alkanes of at least 4 members (excludes halogenated alkanes) is 38. The number of carbonyl (C=O) groups is 2. The van der Waals surface area contributed by atoms with Crippen LogP contribution in [0.5, 0.6) is 0 Å². The lowest BCUT2D eigenvalue weighted by atomic mass is 10.0. The van der Waals surface area contributed by atoms with Crippen LogP contribution in [-0.4, -0.2) is 47.4 Å². The van der Waals surface area contributed by atoms with Crippen molar-refractivity contribution in [2.24, 2.45) is 0 Å². The summed E-state index contributed by atoms with van der Waals surface area (Å²) < 4.78 is 5.46. The van der Waals surface area contributed by atoms with Gasteiger partial charge in [0.05, 0.1) is 25.4 Å². The van der Waals surface area contributed by atoms with Crippen molar-refractivity contribution in [3.8, 4) is 0 Å². The third kappa shape index (κ3) is 44.4. The van der Waals surface area contributed by atoms with E-state index in [0.29, 0.717) is 25.9 Å². The predicted molar refractivity (Wildman–Crippen MR) is 250 cm³/mol. The van der Waals surface area contributed by atoms with Crippen molar-refractivity contribution in [3.63, 3.8) is 0 Å². The molecule has 346 valence electrons. The van der Waals surface area contributed by atoms with Crippen LogP contribution in [-0.2, 0) is 14.3 Å². The number of nitrogens with one attached hydrogen (secondary N) is 1. The minimum Gasteiger partial charge on any atom is -0.466 e. The highest BCUT2D eigenvalue weighted by molar-refractivity contribution is 5.76. The molecule has 6 heteroatoms. The Morgan fingerprint density at radius 2 is 0.707 bits per heavy atom. The van der Waals surface area contributed by atoms with Crippen LogP contribution in [0.4, 0.5) is 0 Å². The molecule has 3 N–H and O–H groups in total. The first-order chi connectivity index (χ1) is 28.5. The molecule has 0 aliphatic carbocycles. The second kappa shape index (κ2) is 48.5. The van der Waals surface area contributed by atoms with Crippen molar-refractivity contribution in [1.82, 2.24) is 5.32 Å². The van der Waals surface area contributed by atoms with E-state index < -0.39 is 12.1 Å². The normalized spacial score (nSPS) is 12.6. The van der Waals surface area contributed by atoms with Crippen LogP contribution in [0.15, 0.2) is 0 Å². The van der Waals surface area contributed by atoms with Gasteiger partial charge in [-0.2, -0.15) is 0 Å². The summed E-state index contributed by atoms with van der Waals surface area (Å²) in [5, 5.41) is 23.2. The number of hydrogen-bond donors (Lipinski definition) is 3. The number of aliphatic hydroxyl groups excluding tert-OH is 2. The molecule has 58 heavy (non-hydrogen) atoms. The number of amides is 1. The van der Waals surface area contributed by atoms with Crippen molar-refractivity contribution >= 4 is 11.9 Å². The number of ether oxygens (including phenoxy) is 1. The lowest BCUT2D eigenvalue weighted by molar-refractivity contribution is -0.143. The zero-order valence-electron chi connectivity index (χ0n) is 39.3. The lowest BCUT2D eigenvalue weighted by Gasteiger charge is -2.22. The summed E-state index contributed by atoms with van der Waals surface area (Å²) >= 11 is 0. The van der Waals surface area contributed by atoms with Crippen molar-refractivity contribution in [2.75, 3.05) is 13.2 Å². The van der Waals surface area contributed by atoms with Crippen LogP contribution in [0.25, 0.3) is 0 Å². The molecule has 0 heterocycles. The van der Waals surface area contributed by atoms with Gasteiger partial charge in [0, 0.05) is 12.8 Å². The summed E-state index contributed by atoms with van der Waals surface area (Å²) in [6.45, 7) is 4.93. The summed E-state index contributed by atoms with van der Waals surface area (Å²) in [6.07, 6.45) is 53.5. The molecule has 2 atom stereocenters. The Kier molecular flexibility index (Phi) is 47.6. The maximum atomic E-state index is 12.5. The summed E-state index contributed by atoms with van der Waals surface area (Å²) in [5.74, 6) is -0.0548. The first-order valence-corrected chi connectivity index (χ1v) is 26.3. The van der Waals surface area contributed by atoms with Gasteiger partial charge in [-0.25, -0.2) is 0 Å². The van der Waals surface area contributed by atoms with E-state index in [1.165, 1.54) is 205 Å². The fraction of sp³-hybridized carbons (Fsp3) is 0.962. The molecule has 0 aliphatic heterocycles. The standard InChI is InChI=1S/C52H103NO5/c1-3-5-7-9-11-13-15-17-18-19-21-24-28-32-36-40-44-50(55)49(48-54)53-51(56)45-41-37-33-29-25-22-23-27-31-35-39-43-47-58-52(57)46-42-38-34-30-26-20-16-14-12-10-8-6-4-2/h49-50,54-55H,3-48H2,1-2H3,(H,53,56). The van der Waals surface area contributed by atoms with Gasteiger partial charge in [0.15, 0.2) is 0 Å². The van der Waals surface area contributed by atoms with Gasteiger partial charge >= 0.3 is 5.97 Å². The molecule has 0 saturated carbocycles. The average molecular weight is 822 g/mol. The first-order valence-electron chi connectivity index (χ1n) is 26.3. The molecule has 0 aliphatic rings. The molecule has 0 rings (SSSR count). The summed E-state index contributed by atoms with van der Waals surface area (Å²) in [7, 11) is 0. The average Bonchev–Trinajstić information content (AvgIpc) is 3.22. The maximum absolute atomic E-state index is 12.5. The lowest BCUT2D eigenvalue weighted by Crippen LogP contribution is -2.45. The van der Waals surface area contributed by atoms with Crippen LogP contribution in [0, 0.1) is 0 Å². The number of carbonyl (C=O) groups excluding carboxylic acids is 2. The molecule has 0 radical (unpaired) electrons. The van der Waals surface area contributed by atoms with Crippen LogP contribution >= 0.6 is 0 Å². The predicted octanol–water partition coefficient (Wildman–Crippen LogP) is 15.6. The summed E-state index contributed by atoms with van der Waals surface area (Å²) in [5.41, 5.74) is 0. The van der Waals surface area contributed by atoms with Gasteiger partial charge in [-0.15, -0.1) is 0 Å². The van der Waals surface area contributed by atoms with E-state index >= 15 is 0 Å². The van der Waals surface area contributed by atoms with E-state index in [4.69, 9.17) is 4.74 Å². The highest BCUT2D eigenvalue weighted by Crippen LogP contribution is 2.17. The Hall–Kier alpha value is -1.14. The number of esters is 1. The van der Waals surface area contributed by atoms with Crippen LogP contribution in [0.1, 0.15) is 296 Å². The molecule has 0 spiro atoms. The molecule has 6 nitrogen and oxygen atoms in total. The number of rotatable bonds is 49. The smallest absolute Gasteiger partial charge is 0.305 e. The van der Waals surface area contributed by atoms with Crippen molar-refractivity contribution < 1.29 is 24.5 Å². The molecule has 0 aromatic heterocycles. The fourth-order valence-electron chi connectivity index (χ4n) is 8.35. The summed E-state index contributed by atoms with van der Waals surface area (Å²) in [4.78, 5) is 24.5. The molecule has 2 unspecified atom stereocenters. The third-order valence-corrected chi connectivity index (χ3v) is 12.4. The highest BCUT2D eigenvalue weighted by Gasteiger charge is 2.20. The van der Waals surface area contributed by atoms with E-state index in [9.17, 15) is 19.8 Å². The van der Waals surface area contributed by atoms with E-state index in [1.54, 1.807) is 0 Å². The molecule has 0 bridgehead atoms. The van der Waals surface area contributed by atoms with Crippen molar-refractivity contribution in [3.05, 3.63) is 0 Å². The SMILES string of the molecule is CCCCCCCCCCCCCCCCCCC(O)C(CO)NC(=O)CCCCCCCCCCCCCCOC(=O)CCCCCCCCCCCCCCC. The van der Waals surface area contributed by atoms with Gasteiger partial charge in [-0.05, 0) is 25.7 Å². The van der Waals surface area contributed by atoms with Gasteiger partial charge < -0.3 is 20.3 Å². The van der Waals surface area contributed by atoms with Crippen LogP contribution in [0.2, 0.25) is 0 Å². The fourth-order valence-corrected chi connectivity index (χ4v) is 8.35. The van der Waals surface area contributed by atoms with Crippen LogP contribution in [0.3, 0.4) is 0 Å². The molecule has 0 fully saturated rings. The van der Waals surface area contributed by atoms with Gasteiger partial charge in [0.2, 0.25) is 5.91 Å². The largest absolute Gasteiger partial charge is 0.466 e. The van der Waals surface area contributed by atoms with E-state index in [-0.39, 0.29) is 18.5 Å². The molecular formula is C52H103NO5. The van der Waals surface area contributed by atoms with Gasteiger partial charge in [-0.3, -0.25) is 9.59 Å². The third-order valence-electron chi connectivity index (χ3n) is 12.4. The highest BCUT2D eigenvalue weighted by atomic mass is 16.5. The van der Waals surface area contributed by atoms with Gasteiger partial charge in [0.25, 0.3) is 0 Å². The minimum atomic E-state index is -0.672. The molecule has 0 saturated heterocycles. The topological polar surface area (TPSA) is 95.9 Å².